The van der Waals surface area contributed by atoms with Gasteiger partial charge in [-0.15, -0.1) is 0 Å². The third-order valence-electron chi connectivity index (χ3n) is 0.386. The van der Waals surface area contributed by atoms with Crippen LogP contribution in [0.2, 0.25) is 0 Å². The van der Waals surface area contributed by atoms with Crippen molar-refractivity contribution in [3.8, 4) is 0 Å². The summed E-state index contributed by atoms with van der Waals surface area (Å²) in [5.74, 6) is 2.23. The highest BCUT2D eigenvalue weighted by atomic mass is 127. The highest BCUT2D eigenvalue weighted by molar-refractivity contribution is 14.2. The SMILES string of the molecule is C=C=NON(C)I=C. The van der Waals surface area contributed by atoms with Crippen molar-refractivity contribution in [3.63, 3.8) is 0 Å². The Bertz CT molecular complexity index is 119. The van der Waals surface area contributed by atoms with Crippen LogP contribution in [-0.4, -0.2) is 20.7 Å². The molecule has 0 atom stereocenters. The number of halogens is 1. The summed E-state index contributed by atoms with van der Waals surface area (Å²) in [6, 6.07) is 0. The molecule has 0 aliphatic heterocycles. The average Bonchev–Trinajstić information content (AvgIpc) is 1.83. The highest BCUT2D eigenvalue weighted by Crippen LogP contribution is 1.99. The van der Waals surface area contributed by atoms with Crippen molar-refractivity contribution in [2.75, 3.05) is 7.05 Å². The van der Waals surface area contributed by atoms with Gasteiger partial charge in [0.05, 0.1) is 0 Å². The van der Waals surface area contributed by atoms with Gasteiger partial charge in [-0.1, -0.05) is 7.79 Å². The Morgan fingerprint density at radius 3 is 2.88 bits per heavy atom. The van der Waals surface area contributed by atoms with Crippen molar-refractivity contribution in [1.82, 2.24) is 3.28 Å². The van der Waals surface area contributed by atoms with Gasteiger partial charge in [0.2, 0.25) is 0 Å². The smallest absolute Gasteiger partial charge is 0.0363 e. The molecule has 0 aromatic carbocycles. The summed E-state index contributed by atoms with van der Waals surface area (Å²) in [7, 11) is 1.76. The Hall–Kier alpha value is -0.190. The standard InChI is InChI=1S/C4H7IN2O/c1-4-6-8-7(3)5-2/h1-2H2,3H3. The predicted octanol–water partition coefficient (Wildman–Crippen LogP) is 0.938. The molecule has 0 saturated carbocycles. The van der Waals surface area contributed by atoms with Crippen LogP contribution in [0.15, 0.2) is 11.7 Å². The lowest BCUT2D eigenvalue weighted by atomic mass is 11.2. The van der Waals surface area contributed by atoms with Crippen LogP contribution in [0.25, 0.3) is 0 Å². The minimum Gasteiger partial charge on any atom is -0.279 e. The maximum atomic E-state index is 4.61. The largest absolute Gasteiger partial charge is 0.279 e. The second-order valence-corrected chi connectivity index (χ2v) is 2.91. The zero-order chi connectivity index (χ0) is 6.41. The summed E-state index contributed by atoms with van der Waals surface area (Å²) in [4.78, 5) is 4.61. The minimum atomic E-state index is -0.268. The van der Waals surface area contributed by atoms with E-state index in [4.69, 9.17) is 0 Å². The van der Waals surface area contributed by atoms with Gasteiger partial charge >= 0.3 is 0 Å². The summed E-state index contributed by atoms with van der Waals surface area (Å²) >= 11 is -0.268. The normalized spacial score (nSPS) is 8.25. The first-order valence-corrected chi connectivity index (χ1v) is 4.32. The fourth-order valence-corrected chi connectivity index (χ4v) is 0.320. The van der Waals surface area contributed by atoms with Crippen molar-refractivity contribution < 1.29 is 4.94 Å². The van der Waals surface area contributed by atoms with Crippen LogP contribution in [0.4, 0.5) is 0 Å². The summed E-state index contributed by atoms with van der Waals surface area (Å²) in [5, 5.41) is 3.29. The first-order valence-electron chi connectivity index (χ1n) is 1.83. The van der Waals surface area contributed by atoms with E-state index < -0.39 is 0 Å². The molecule has 0 rings (SSSR count). The molecule has 0 amide bonds. The van der Waals surface area contributed by atoms with E-state index in [2.05, 4.69) is 27.1 Å². The lowest BCUT2D eigenvalue weighted by Gasteiger charge is -2.00. The molecule has 0 radical (unpaired) electrons. The number of hydrogen-bond donors (Lipinski definition) is 0. The lowest BCUT2D eigenvalue weighted by Crippen LogP contribution is -1.99. The van der Waals surface area contributed by atoms with Crippen LogP contribution < -0.4 is 0 Å². The maximum Gasteiger partial charge on any atom is 0.0363 e. The molecule has 4 heteroatoms. The summed E-state index contributed by atoms with van der Waals surface area (Å²) < 4.78 is 5.21. The highest BCUT2D eigenvalue weighted by Gasteiger charge is 1.83. The predicted molar refractivity (Wildman–Crippen MR) is 43.1 cm³/mol. The molecule has 0 heterocycles. The quantitative estimate of drug-likeness (QED) is 0.309. The molecule has 3 nitrogen and oxygen atoms in total. The molecule has 0 fully saturated rings. The molecule has 0 saturated heterocycles. The van der Waals surface area contributed by atoms with Gasteiger partial charge in [0.1, 0.15) is 0 Å². The molecule has 0 spiro atoms. The van der Waals surface area contributed by atoms with Crippen LogP contribution >= 0.6 is 21.0 Å². The van der Waals surface area contributed by atoms with Gasteiger partial charge in [0.15, 0.2) is 0 Å². The number of hydroxylamine groups is 1. The first kappa shape index (κ1) is 7.81. The van der Waals surface area contributed by atoms with E-state index in [-0.39, 0.29) is 21.0 Å². The Labute approximate surface area is 58.7 Å². The minimum absolute atomic E-state index is 0.268. The van der Waals surface area contributed by atoms with Crippen LogP contribution in [0, 0.1) is 0 Å². The van der Waals surface area contributed by atoms with Crippen LogP contribution in [0.1, 0.15) is 0 Å². The van der Waals surface area contributed by atoms with Crippen LogP contribution in [0.3, 0.4) is 0 Å². The van der Waals surface area contributed by atoms with E-state index in [0.29, 0.717) is 0 Å². The van der Waals surface area contributed by atoms with Gasteiger partial charge in [-0.05, 0) is 11.7 Å². The summed E-state index contributed by atoms with van der Waals surface area (Å²) in [6.45, 7) is 3.22. The molecule has 0 unspecified atom stereocenters. The number of hydrogen-bond acceptors (Lipinski definition) is 3. The molecule has 46 valence electrons. The van der Waals surface area contributed by atoms with E-state index >= 15 is 0 Å². The first-order chi connectivity index (χ1) is 3.81. The Balaban J connectivity index is 3.38. The number of rotatable bonds is 3. The molecule has 0 N–H and O–H groups in total. The van der Waals surface area contributed by atoms with Crippen molar-refractivity contribution in [3.05, 3.63) is 6.58 Å². The average molecular weight is 226 g/mol. The van der Waals surface area contributed by atoms with Gasteiger partial charge in [-0.25, -0.2) is 0 Å². The Morgan fingerprint density at radius 1 is 1.88 bits per heavy atom. The van der Waals surface area contributed by atoms with Crippen molar-refractivity contribution in [1.29, 1.82) is 0 Å². The van der Waals surface area contributed by atoms with Gasteiger partial charge in [0.25, 0.3) is 0 Å². The Morgan fingerprint density at radius 2 is 2.50 bits per heavy atom. The monoisotopic (exact) mass is 226 g/mol. The molecule has 0 aliphatic carbocycles. The van der Waals surface area contributed by atoms with E-state index in [1.54, 1.807) is 10.3 Å². The third kappa shape index (κ3) is 3.98. The van der Waals surface area contributed by atoms with Gasteiger partial charge in [-0.3, -0.25) is 4.94 Å². The number of nitrogens with zero attached hydrogens (tertiary/aromatic N) is 2. The van der Waals surface area contributed by atoms with Gasteiger partial charge in [0, 0.05) is 33.9 Å². The maximum absolute atomic E-state index is 4.61. The van der Waals surface area contributed by atoms with Crippen molar-refractivity contribution in [2.24, 2.45) is 5.16 Å². The fourth-order valence-electron chi connectivity index (χ4n) is 0.107. The molecule has 0 aromatic heterocycles. The summed E-state index contributed by atoms with van der Waals surface area (Å²) in [6.07, 6.45) is 0. The fraction of sp³-hybridized carbons (Fsp3) is 0.250. The Kier molecular flexibility index (Phi) is 4.84. The molecule has 8 heavy (non-hydrogen) atoms. The molecular formula is C4H7IN2O. The van der Waals surface area contributed by atoms with Crippen LogP contribution in [0.5, 0.6) is 0 Å². The zero-order valence-electron chi connectivity index (χ0n) is 4.59. The van der Waals surface area contributed by atoms with E-state index in [1.807, 2.05) is 0 Å². The van der Waals surface area contributed by atoms with Gasteiger partial charge in [-0.2, -0.15) is 0 Å². The van der Waals surface area contributed by atoms with Crippen molar-refractivity contribution in [2.45, 2.75) is 0 Å². The second-order valence-electron chi connectivity index (χ2n) is 0.871. The molecule has 0 aromatic rings. The van der Waals surface area contributed by atoms with Gasteiger partial charge < -0.3 is 0 Å². The topological polar surface area (TPSA) is 24.8 Å². The molecular weight excluding hydrogens is 219 g/mol. The zero-order valence-corrected chi connectivity index (χ0v) is 6.75. The lowest BCUT2D eigenvalue weighted by molar-refractivity contribution is -0.0322. The van der Waals surface area contributed by atoms with Crippen molar-refractivity contribution >= 4 is 31.4 Å². The van der Waals surface area contributed by atoms with E-state index in [9.17, 15) is 0 Å². The third-order valence-corrected chi connectivity index (χ3v) is 1.52. The van der Waals surface area contributed by atoms with E-state index in [0.717, 1.165) is 0 Å². The summed E-state index contributed by atoms with van der Waals surface area (Å²) in [5.41, 5.74) is 0. The molecule has 0 bridgehead atoms. The molecule has 0 aliphatic rings. The van der Waals surface area contributed by atoms with Crippen LogP contribution in [-0.2, 0) is 4.94 Å². The second kappa shape index (κ2) is 4.96. The van der Waals surface area contributed by atoms with E-state index in [1.165, 1.54) is 0 Å².